The normalized spacial score (nSPS) is 12.4. The predicted octanol–water partition coefficient (Wildman–Crippen LogP) is 5.83. The van der Waals surface area contributed by atoms with Crippen molar-refractivity contribution < 1.29 is 8.85 Å². The quantitative estimate of drug-likeness (QED) is 0.228. The fraction of sp³-hybridized carbons (Fsp3) is 0.882. The third-order valence-electron chi connectivity index (χ3n) is 3.30. The fourth-order valence-corrected chi connectivity index (χ4v) is 3.33. The molecule has 0 radical (unpaired) electrons. The van der Waals surface area contributed by atoms with Gasteiger partial charge in [-0.2, -0.15) is 0 Å². The molecule has 0 aromatic heterocycles. The van der Waals surface area contributed by atoms with E-state index in [0.29, 0.717) is 0 Å². The molecule has 0 saturated carbocycles. The van der Waals surface area contributed by atoms with Gasteiger partial charge in [-0.15, -0.1) is 0 Å². The van der Waals surface area contributed by atoms with Crippen LogP contribution in [0.3, 0.4) is 0 Å². The average Bonchev–Trinajstić information content (AvgIpc) is 2.42. The van der Waals surface area contributed by atoms with Crippen LogP contribution in [0.25, 0.3) is 0 Å². The number of hydrogen-bond acceptors (Lipinski definition) is 2. The first-order valence-electron chi connectivity index (χ1n) is 8.55. The van der Waals surface area contributed by atoms with E-state index < -0.39 is 8.56 Å². The Morgan fingerprint density at radius 2 is 1.20 bits per heavy atom. The molecule has 20 heavy (non-hydrogen) atoms. The summed E-state index contributed by atoms with van der Waals surface area (Å²) < 4.78 is 11.8. The van der Waals surface area contributed by atoms with Crippen LogP contribution in [0.2, 0.25) is 13.1 Å². The minimum atomic E-state index is -1.86. The van der Waals surface area contributed by atoms with Crippen LogP contribution in [0.1, 0.15) is 71.6 Å². The summed E-state index contributed by atoms with van der Waals surface area (Å²) in [6.45, 7) is 10.5. The summed E-state index contributed by atoms with van der Waals surface area (Å²) in [5.74, 6) is 0. The van der Waals surface area contributed by atoms with Gasteiger partial charge in [0.05, 0.1) is 0 Å². The highest BCUT2D eigenvalue weighted by atomic mass is 28.4. The van der Waals surface area contributed by atoms with E-state index in [9.17, 15) is 0 Å². The van der Waals surface area contributed by atoms with Gasteiger partial charge in [0.1, 0.15) is 0 Å². The van der Waals surface area contributed by atoms with E-state index in [1.807, 2.05) is 0 Å². The second kappa shape index (κ2) is 13.8. The molecule has 0 aliphatic heterocycles. The summed E-state index contributed by atoms with van der Waals surface area (Å²) in [5, 5.41) is 0. The first kappa shape index (κ1) is 19.9. The molecule has 3 heteroatoms. The number of allylic oxidation sites excluding steroid dienone is 2. The Morgan fingerprint density at radius 1 is 0.700 bits per heavy atom. The van der Waals surface area contributed by atoms with Crippen molar-refractivity contribution in [2.75, 3.05) is 13.2 Å². The Labute approximate surface area is 128 Å². The van der Waals surface area contributed by atoms with E-state index in [-0.39, 0.29) is 0 Å². The molecule has 0 spiro atoms. The average molecular weight is 301 g/mol. The van der Waals surface area contributed by atoms with E-state index in [1.165, 1.54) is 38.5 Å². The van der Waals surface area contributed by atoms with Crippen LogP contribution in [-0.4, -0.2) is 21.8 Å². The Morgan fingerprint density at radius 3 is 1.80 bits per heavy atom. The summed E-state index contributed by atoms with van der Waals surface area (Å²) in [4.78, 5) is 0. The third-order valence-corrected chi connectivity index (χ3v) is 5.10. The van der Waals surface area contributed by atoms with Crippen LogP contribution in [0, 0.1) is 0 Å². The highest BCUT2D eigenvalue weighted by Gasteiger charge is 2.23. The zero-order valence-electron chi connectivity index (χ0n) is 14.2. The summed E-state index contributed by atoms with van der Waals surface area (Å²) in [6.07, 6.45) is 15.7. The van der Waals surface area contributed by atoms with E-state index in [1.54, 1.807) is 0 Å². The van der Waals surface area contributed by atoms with Crippen molar-refractivity contribution in [3.05, 3.63) is 12.2 Å². The van der Waals surface area contributed by atoms with Gasteiger partial charge in [-0.1, -0.05) is 51.7 Å². The monoisotopic (exact) mass is 300 g/mol. The molecule has 0 amide bonds. The molecular formula is C17H36O2Si. The molecule has 0 unspecified atom stereocenters. The highest BCUT2D eigenvalue weighted by molar-refractivity contribution is 6.64. The van der Waals surface area contributed by atoms with Crippen molar-refractivity contribution in [1.82, 2.24) is 0 Å². The van der Waals surface area contributed by atoms with Crippen LogP contribution < -0.4 is 0 Å². The van der Waals surface area contributed by atoms with Gasteiger partial charge < -0.3 is 8.85 Å². The van der Waals surface area contributed by atoms with Crippen LogP contribution in [0.15, 0.2) is 12.2 Å². The van der Waals surface area contributed by atoms with Gasteiger partial charge in [-0.05, 0) is 45.2 Å². The fourth-order valence-electron chi connectivity index (χ4n) is 1.98. The van der Waals surface area contributed by atoms with Gasteiger partial charge in [-0.25, -0.2) is 0 Å². The summed E-state index contributed by atoms with van der Waals surface area (Å²) in [6, 6.07) is 0. The molecule has 0 saturated heterocycles. The van der Waals surface area contributed by atoms with Crippen molar-refractivity contribution in [2.45, 2.75) is 84.7 Å². The van der Waals surface area contributed by atoms with Gasteiger partial charge in [-0.3, -0.25) is 0 Å². The zero-order chi connectivity index (χ0) is 15.1. The van der Waals surface area contributed by atoms with Gasteiger partial charge in [0.15, 0.2) is 0 Å². The largest absolute Gasteiger partial charge is 0.395 e. The topological polar surface area (TPSA) is 18.5 Å². The Hall–Kier alpha value is -0.123. The molecular weight excluding hydrogens is 264 g/mol. The van der Waals surface area contributed by atoms with Crippen molar-refractivity contribution in [1.29, 1.82) is 0 Å². The number of rotatable bonds is 14. The zero-order valence-corrected chi connectivity index (χ0v) is 15.2. The second-order valence-corrected chi connectivity index (χ2v) is 9.29. The Bertz CT molecular complexity index is 227. The second-order valence-electron chi connectivity index (χ2n) is 5.91. The SMILES string of the molecule is CCCCC/C=C/CCCO[Si](C)(C)OCCCCC. The lowest BCUT2D eigenvalue weighted by Gasteiger charge is -2.22. The predicted molar refractivity (Wildman–Crippen MR) is 91.4 cm³/mol. The molecule has 0 heterocycles. The lowest BCUT2D eigenvalue weighted by molar-refractivity contribution is 0.175. The summed E-state index contributed by atoms with van der Waals surface area (Å²) in [7, 11) is -1.86. The van der Waals surface area contributed by atoms with Gasteiger partial charge in [0.2, 0.25) is 0 Å². The number of hydrogen-bond donors (Lipinski definition) is 0. The first-order valence-corrected chi connectivity index (χ1v) is 11.4. The smallest absolute Gasteiger partial charge is 0.331 e. The van der Waals surface area contributed by atoms with E-state index in [4.69, 9.17) is 8.85 Å². The third kappa shape index (κ3) is 14.3. The lowest BCUT2D eigenvalue weighted by Crippen LogP contribution is -2.35. The van der Waals surface area contributed by atoms with Gasteiger partial charge in [0.25, 0.3) is 0 Å². The van der Waals surface area contributed by atoms with Crippen LogP contribution in [0.4, 0.5) is 0 Å². The Kier molecular flexibility index (Phi) is 13.8. The molecule has 0 fully saturated rings. The van der Waals surface area contributed by atoms with Crippen LogP contribution in [-0.2, 0) is 8.85 Å². The molecule has 0 aromatic rings. The van der Waals surface area contributed by atoms with Crippen molar-refractivity contribution >= 4 is 8.56 Å². The highest BCUT2D eigenvalue weighted by Crippen LogP contribution is 2.09. The van der Waals surface area contributed by atoms with Gasteiger partial charge >= 0.3 is 8.56 Å². The van der Waals surface area contributed by atoms with E-state index >= 15 is 0 Å². The molecule has 0 aliphatic rings. The van der Waals surface area contributed by atoms with Crippen molar-refractivity contribution in [3.63, 3.8) is 0 Å². The summed E-state index contributed by atoms with van der Waals surface area (Å²) >= 11 is 0. The molecule has 0 rings (SSSR count). The van der Waals surface area contributed by atoms with E-state index in [0.717, 1.165) is 32.5 Å². The van der Waals surface area contributed by atoms with Crippen LogP contribution in [0.5, 0.6) is 0 Å². The van der Waals surface area contributed by atoms with Crippen molar-refractivity contribution in [2.24, 2.45) is 0 Å². The molecule has 120 valence electrons. The summed E-state index contributed by atoms with van der Waals surface area (Å²) in [5.41, 5.74) is 0. The maximum atomic E-state index is 5.94. The maximum absolute atomic E-state index is 5.94. The van der Waals surface area contributed by atoms with Crippen LogP contribution >= 0.6 is 0 Å². The first-order chi connectivity index (χ1) is 9.62. The Balaban J connectivity index is 3.42. The molecule has 0 N–H and O–H groups in total. The standard InChI is InChI=1S/C17H36O2Si/c1-5-7-9-10-11-12-13-15-17-19-20(3,4)18-16-14-8-6-2/h11-12H,5-10,13-17H2,1-4H3/b12-11+. The molecule has 0 aliphatic carbocycles. The maximum Gasteiger partial charge on any atom is 0.331 e. The minimum absolute atomic E-state index is 0.840. The molecule has 0 aromatic carbocycles. The number of unbranched alkanes of at least 4 members (excludes halogenated alkanes) is 6. The van der Waals surface area contributed by atoms with E-state index in [2.05, 4.69) is 39.1 Å². The molecule has 2 nitrogen and oxygen atoms in total. The lowest BCUT2D eigenvalue weighted by atomic mass is 10.2. The van der Waals surface area contributed by atoms with Crippen molar-refractivity contribution in [3.8, 4) is 0 Å². The molecule has 0 atom stereocenters. The van der Waals surface area contributed by atoms with Gasteiger partial charge in [0, 0.05) is 13.2 Å². The minimum Gasteiger partial charge on any atom is -0.395 e. The molecule has 0 bridgehead atoms.